The molecule has 1 aliphatic carbocycles. The van der Waals surface area contributed by atoms with E-state index in [9.17, 15) is 14.7 Å². The molecule has 0 aliphatic heterocycles. The van der Waals surface area contributed by atoms with E-state index in [1.54, 1.807) is 12.1 Å². The molecule has 0 spiro atoms. The van der Waals surface area contributed by atoms with Gasteiger partial charge in [0.05, 0.1) is 18.4 Å². The molecule has 1 aromatic carbocycles. The first-order chi connectivity index (χ1) is 10.0. The van der Waals surface area contributed by atoms with Gasteiger partial charge in [0.25, 0.3) is 0 Å². The molecule has 0 heterocycles. The van der Waals surface area contributed by atoms with Crippen molar-refractivity contribution in [2.45, 2.75) is 32.6 Å². The van der Waals surface area contributed by atoms with Gasteiger partial charge in [0.15, 0.2) is 0 Å². The summed E-state index contributed by atoms with van der Waals surface area (Å²) >= 11 is 0. The first-order valence-corrected chi connectivity index (χ1v) is 7.23. The fourth-order valence-corrected chi connectivity index (χ4v) is 2.69. The molecule has 5 nitrogen and oxygen atoms in total. The number of anilines is 1. The Morgan fingerprint density at radius 3 is 2.48 bits per heavy atom. The molecule has 1 amide bonds. The molecule has 1 fully saturated rings. The van der Waals surface area contributed by atoms with Gasteiger partial charge in [0.2, 0.25) is 5.91 Å². The number of hydrogen-bond donors (Lipinski definition) is 2. The quantitative estimate of drug-likeness (QED) is 0.893. The van der Waals surface area contributed by atoms with Gasteiger partial charge in [0.1, 0.15) is 5.75 Å². The summed E-state index contributed by atoms with van der Waals surface area (Å²) in [4.78, 5) is 23.6. The first kappa shape index (κ1) is 15.4. The average Bonchev–Trinajstić information content (AvgIpc) is 2.48. The number of hydrogen-bond acceptors (Lipinski definition) is 3. The zero-order valence-corrected chi connectivity index (χ0v) is 12.4. The van der Waals surface area contributed by atoms with Crippen molar-refractivity contribution in [2.75, 3.05) is 12.4 Å². The number of ether oxygens (including phenoxy) is 1. The lowest BCUT2D eigenvalue weighted by molar-refractivity contribution is -0.121. The second kappa shape index (κ2) is 6.61. The molecule has 5 heteroatoms. The van der Waals surface area contributed by atoms with Gasteiger partial charge in [-0.1, -0.05) is 6.92 Å². The Kier molecular flexibility index (Phi) is 4.83. The Hall–Kier alpha value is -2.04. The van der Waals surface area contributed by atoms with Crippen molar-refractivity contribution in [2.24, 2.45) is 11.8 Å². The molecule has 0 atom stereocenters. The number of carbonyl (C=O) groups is 2. The van der Waals surface area contributed by atoms with Crippen LogP contribution in [0.3, 0.4) is 0 Å². The maximum absolute atomic E-state index is 12.3. The van der Waals surface area contributed by atoms with Crippen LogP contribution in [0.2, 0.25) is 0 Å². The maximum Gasteiger partial charge on any atom is 0.337 e. The summed E-state index contributed by atoms with van der Waals surface area (Å²) < 4.78 is 5.02. The molecule has 21 heavy (non-hydrogen) atoms. The van der Waals surface area contributed by atoms with Crippen LogP contribution in [0.5, 0.6) is 5.75 Å². The van der Waals surface area contributed by atoms with Gasteiger partial charge in [-0.05, 0) is 49.8 Å². The summed E-state index contributed by atoms with van der Waals surface area (Å²) in [6, 6.07) is 4.64. The molecule has 2 rings (SSSR count). The summed E-state index contributed by atoms with van der Waals surface area (Å²) in [5, 5.41) is 12.0. The minimum atomic E-state index is -1.08. The summed E-state index contributed by atoms with van der Waals surface area (Å²) in [6.07, 6.45) is 3.83. The third-order valence-electron chi connectivity index (χ3n) is 4.10. The number of benzene rings is 1. The van der Waals surface area contributed by atoms with Crippen LogP contribution in [0.25, 0.3) is 0 Å². The Morgan fingerprint density at radius 1 is 1.24 bits per heavy atom. The van der Waals surface area contributed by atoms with Crippen molar-refractivity contribution in [3.63, 3.8) is 0 Å². The lowest BCUT2D eigenvalue weighted by Gasteiger charge is -2.25. The summed E-state index contributed by atoms with van der Waals surface area (Å²) in [5.74, 6) is -0.0671. The van der Waals surface area contributed by atoms with Crippen molar-refractivity contribution in [1.82, 2.24) is 0 Å². The smallest absolute Gasteiger partial charge is 0.337 e. The molecular weight excluding hydrogens is 270 g/mol. The van der Waals surface area contributed by atoms with E-state index in [1.807, 2.05) is 0 Å². The number of aromatic carboxylic acids is 1. The molecule has 0 unspecified atom stereocenters. The predicted molar refractivity (Wildman–Crippen MR) is 79.7 cm³/mol. The highest BCUT2D eigenvalue weighted by Gasteiger charge is 2.25. The molecule has 0 aromatic heterocycles. The van der Waals surface area contributed by atoms with Crippen molar-refractivity contribution in [3.8, 4) is 5.75 Å². The van der Waals surface area contributed by atoms with E-state index >= 15 is 0 Å². The highest BCUT2D eigenvalue weighted by molar-refractivity contribution is 6.01. The monoisotopic (exact) mass is 291 g/mol. The van der Waals surface area contributed by atoms with Crippen LogP contribution in [0.15, 0.2) is 18.2 Å². The minimum Gasteiger partial charge on any atom is -0.497 e. The molecule has 114 valence electrons. The Balaban J connectivity index is 2.11. The van der Waals surface area contributed by atoms with E-state index in [-0.39, 0.29) is 17.4 Å². The molecule has 1 aromatic rings. The zero-order chi connectivity index (χ0) is 15.4. The highest BCUT2D eigenvalue weighted by atomic mass is 16.5. The average molecular weight is 291 g/mol. The Labute approximate surface area is 124 Å². The molecular formula is C16H21NO4. The third-order valence-corrected chi connectivity index (χ3v) is 4.10. The number of methoxy groups -OCH3 is 1. The van der Waals surface area contributed by atoms with Gasteiger partial charge in [-0.2, -0.15) is 0 Å². The van der Waals surface area contributed by atoms with Crippen LogP contribution in [-0.2, 0) is 4.79 Å². The van der Waals surface area contributed by atoms with Crippen molar-refractivity contribution in [1.29, 1.82) is 0 Å². The fraction of sp³-hybridized carbons (Fsp3) is 0.500. The summed E-state index contributed by atoms with van der Waals surface area (Å²) in [6.45, 7) is 2.19. The predicted octanol–water partition coefficient (Wildman–Crippen LogP) is 3.16. The standard InChI is InChI=1S/C16H21NO4/c1-10-3-5-11(6-4-10)15(18)17-14-8-7-12(21-2)9-13(14)16(19)20/h7-11H,3-6H2,1-2H3,(H,17,18)(H,19,20). The number of nitrogens with one attached hydrogen (secondary N) is 1. The van der Waals surface area contributed by atoms with E-state index in [0.29, 0.717) is 17.4 Å². The van der Waals surface area contributed by atoms with E-state index in [1.165, 1.54) is 13.2 Å². The van der Waals surface area contributed by atoms with E-state index in [4.69, 9.17) is 4.74 Å². The normalized spacial score (nSPS) is 21.6. The second-order valence-electron chi connectivity index (χ2n) is 5.66. The topological polar surface area (TPSA) is 75.6 Å². The summed E-state index contributed by atoms with van der Waals surface area (Å²) in [7, 11) is 1.47. The lowest BCUT2D eigenvalue weighted by atomic mass is 9.82. The third kappa shape index (κ3) is 3.74. The Bertz CT molecular complexity index is 533. The van der Waals surface area contributed by atoms with Gasteiger partial charge >= 0.3 is 5.97 Å². The number of rotatable bonds is 4. The van der Waals surface area contributed by atoms with Crippen molar-refractivity contribution < 1.29 is 19.4 Å². The van der Waals surface area contributed by atoms with E-state index in [2.05, 4.69) is 12.2 Å². The Morgan fingerprint density at radius 2 is 1.90 bits per heavy atom. The fourth-order valence-electron chi connectivity index (χ4n) is 2.69. The number of amides is 1. The minimum absolute atomic E-state index is 0.0232. The van der Waals surface area contributed by atoms with E-state index < -0.39 is 5.97 Å². The van der Waals surface area contributed by atoms with Crippen LogP contribution in [0, 0.1) is 11.8 Å². The second-order valence-corrected chi connectivity index (χ2v) is 5.66. The molecule has 2 N–H and O–H groups in total. The number of carboxylic acid groups (broad SMARTS) is 1. The van der Waals surface area contributed by atoms with Crippen molar-refractivity contribution in [3.05, 3.63) is 23.8 Å². The summed E-state index contributed by atoms with van der Waals surface area (Å²) in [5.41, 5.74) is 0.374. The largest absolute Gasteiger partial charge is 0.497 e. The first-order valence-electron chi connectivity index (χ1n) is 7.23. The van der Waals surface area contributed by atoms with Crippen LogP contribution in [0.4, 0.5) is 5.69 Å². The van der Waals surface area contributed by atoms with E-state index in [0.717, 1.165) is 25.7 Å². The molecule has 0 bridgehead atoms. The number of carbonyl (C=O) groups excluding carboxylic acids is 1. The molecule has 1 aliphatic rings. The molecule has 0 saturated heterocycles. The van der Waals surface area contributed by atoms with Crippen LogP contribution in [-0.4, -0.2) is 24.1 Å². The van der Waals surface area contributed by atoms with Crippen LogP contribution >= 0.6 is 0 Å². The van der Waals surface area contributed by atoms with Gasteiger partial charge < -0.3 is 15.2 Å². The number of carboxylic acids is 1. The lowest BCUT2D eigenvalue weighted by Crippen LogP contribution is -2.27. The van der Waals surface area contributed by atoms with Crippen LogP contribution in [0.1, 0.15) is 43.0 Å². The SMILES string of the molecule is COc1ccc(NC(=O)C2CCC(C)CC2)c(C(=O)O)c1. The maximum atomic E-state index is 12.3. The molecule has 1 saturated carbocycles. The van der Waals surface area contributed by atoms with Gasteiger partial charge in [-0.25, -0.2) is 4.79 Å². The van der Waals surface area contributed by atoms with Crippen molar-refractivity contribution >= 4 is 17.6 Å². The zero-order valence-electron chi connectivity index (χ0n) is 12.4. The van der Waals surface area contributed by atoms with Gasteiger partial charge in [-0.15, -0.1) is 0 Å². The van der Waals surface area contributed by atoms with Gasteiger partial charge in [-0.3, -0.25) is 4.79 Å². The van der Waals surface area contributed by atoms with Crippen LogP contribution < -0.4 is 10.1 Å². The highest BCUT2D eigenvalue weighted by Crippen LogP contribution is 2.30. The van der Waals surface area contributed by atoms with Gasteiger partial charge in [0, 0.05) is 5.92 Å². The molecule has 0 radical (unpaired) electrons.